The third-order valence-electron chi connectivity index (χ3n) is 5.40. The van der Waals surface area contributed by atoms with E-state index >= 15 is 0 Å². The number of aromatic nitrogens is 1. The molecule has 37 heavy (non-hydrogen) atoms. The van der Waals surface area contributed by atoms with Crippen LogP contribution >= 0.6 is 0 Å². The Morgan fingerprint density at radius 2 is 1.30 bits per heavy atom. The van der Waals surface area contributed by atoms with E-state index in [9.17, 15) is 39.6 Å². The quantitative estimate of drug-likeness (QED) is 0.279. The molecule has 0 unspecified atom stereocenters. The van der Waals surface area contributed by atoms with Crippen molar-refractivity contribution in [2.75, 3.05) is 43.1 Å². The van der Waals surface area contributed by atoms with Crippen LogP contribution in [0.1, 0.15) is 5.56 Å². The van der Waals surface area contributed by atoms with Crippen molar-refractivity contribution in [1.82, 2.24) is 4.98 Å². The van der Waals surface area contributed by atoms with Crippen molar-refractivity contribution < 1.29 is 44.3 Å². The van der Waals surface area contributed by atoms with Gasteiger partial charge in [-0.3, -0.25) is 19.2 Å². The van der Waals surface area contributed by atoms with Crippen molar-refractivity contribution in [2.45, 2.75) is 6.92 Å². The number of anilines is 2. The molecular weight excluding hydrogens is 486 g/mol. The van der Waals surface area contributed by atoms with Gasteiger partial charge in [0.2, 0.25) is 0 Å². The SMILES string of the molecule is COc1cc(N(CC(=O)O)CC(=O)O)c2nc(-c3cc(C)ccc3N(CC(=O)O)CC(=O)O)ccc2c1. The third kappa shape index (κ3) is 6.63. The molecule has 0 saturated heterocycles. The van der Waals surface area contributed by atoms with Gasteiger partial charge in [-0.1, -0.05) is 17.7 Å². The number of nitrogens with zero attached hydrogens (tertiary/aromatic N) is 3. The molecule has 194 valence electrons. The smallest absolute Gasteiger partial charge is 0.323 e. The summed E-state index contributed by atoms with van der Waals surface area (Å²) in [6.45, 7) is -0.542. The number of carboxylic acids is 4. The van der Waals surface area contributed by atoms with Crippen molar-refractivity contribution in [3.63, 3.8) is 0 Å². The number of benzene rings is 2. The summed E-state index contributed by atoms with van der Waals surface area (Å²) in [5, 5.41) is 38.0. The molecule has 0 atom stereocenters. The number of carboxylic acid groups (broad SMARTS) is 4. The van der Waals surface area contributed by atoms with Crippen molar-refractivity contribution in [2.24, 2.45) is 0 Å². The van der Waals surface area contributed by atoms with Crippen LogP contribution in [0.15, 0.2) is 42.5 Å². The summed E-state index contributed by atoms with van der Waals surface area (Å²) in [5.41, 5.74) is 2.43. The number of fused-ring (bicyclic) bond motifs is 1. The Balaban J connectivity index is 2.27. The molecule has 12 heteroatoms. The van der Waals surface area contributed by atoms with E-state index in [1.54, 1.807) is 36.4 Å². The molecule has 0 bridgehead atoms. The molecule has 0 radical (unpaired) electrons. The number of carbonyl (C=O) groups is 4. The zero-order chi connectivity index (χ0) is 27.3. The number of aryl methyl sites for hydroxylation is 1. The van der Waals surface area contributed by atoms with Gasteiger partial charge in [0.1, 0.15) is 31.9 Å². The highest BCUT2D eigenvalue weighted by atomic mass is 16.5. The van der Waals surface area contributed by atoms with E-state index in [1.165, 1.54) is 18.1 Å². The molecule has 0 aliphatic rings. The number of hydrogen-bond acceptors (Lipinski definition) is 8. The van der Waals surface area contributed by atoms with Crippen LogP contribution in [0.25, 0.3) is 22.2 Å². The van der Waals surface area contributed by atoms with Gasteiger partial charge in [0.05, 0.1) is 24.0 Å². The summed E-state index contributed by atoms with van der Waals surface area (Å²) in [6, 6.07) is 11.6. The molecule has 1 heterocycles. The maximum Gasteiger partial charge on any atom is 0.323 e. The van der Waals surface area contributed by atoms with Crippen LogP contribution in [0.2, 0.25) is 0 Å². The molecule has 12 nitrogen and oxygen atoms in total. The number of rotatable bonds is 12. The molecule has 0 amide bonds. The van der Waals surface area contributed by atoms with Gasteiger partial charge in [-0.15, -0.1) is 0 Å². The molecule has 0 fully saturated rings. The molecule has 0 spiro atoms. The molecular formula is C25H25N3O9. The van der Waals surface area contributed by atoms with Crippen LogP contribution in [-0.2, 0) is 19.2 Å². The Labute approximate surface area is 210 Å². The maximum atomic E-state index is 11.5. The number of aliphatic carboxylic acids is 4. The second-order valence-corrected chi connectivity index (χ2v) is 8.22. The van der Waals surface area contributed by atoms with Gasteiger partial charge in [-0.2, -0.15) is 0 Å². The van der Waals surface area contributed by atoms with Gasteiger partial charge in [0, 0.05) is 22.7 Å². The lowest BCUT2D eigenvalue weighted by Gasteiger charge is -2.25. The number of hydrogen-bond donors (Lipinski definition) is 4. The van der Waals surface area contributed by atoms with Gasteiger partial charge in [0.25, 0.3) is 0 Å². The first-order valence-corrected chi connectivity index (χ1v) is 11.0. The van der Waals surface area contributed by atoms with Gasteiger partial charge in [-0.05, 0) is 31.2 Å². The fraction of sp³-hybridized carbons (Fsp3) is 0.240. The van der Waals surface area contributed by atoms with E-state index in [-0.39, 0.29) is 11.2 Å². The normalized spacial score (nSPS) is 10.6. The number of pyridine rings is 1. The highest BCUT2D eigenvalue weighted by Gasteiger charge is 2.22. The van der Waals surface area contributed by atoms with Gasteiger partial charge in [0.15, 0.2) is 0 Å². The minimum Gasteiger partial charge on any atom is -0.497 e. The lowest BCUT2D eigenvalue weighted by molar-refractivity contribution is -0.138. The summed E-state index contributed by atoms with van der Waals surface area (Å²) in [4.78, 5) is 52.9. The van der Waals surface area contributed by atoms with E-state index in [2.05, 4.69) is 0 Å². The topological polar surface area (TPSA) is 178 Å². The standard InChI is InChI=1S/C25H25N3O9/c1-14-3-6-19(27(10-21(29)30)11-22(31)32)17(7-14)18-5-4-15-8-16(37-2)9-20(25(15)26-18)28(12-23(33)34)13-24(35)36/h3-9H,10-13H2,1-2H3,(H,29,30)(H,31,32)(H,33,34)(H,35,36). The predicted molar refractivity (Wildman–Crippen MR) is 133 cm³/mol. The molecule has 0 aliphatic carbocycles. The predicted octanol–water partition coefficient (Wildman–Crippen LogP) is 2.17. The van der Waals surface area contributed by atoms with Gasteiger partial charge >= 0.3 is 23.9 Å². The summed E-state index contributed by atoms with van der Waals surface area (Å²) >= 11 is 0. The minimum atomic E-state index is -1.24. The lowest BCUT2D eigenvalue weighted by Crippen LogP contribution is -2.35. The van der Waals surface area contributed by atoms with E-state index in [0.717, 1.165) is 10.5 Å². The molecule has 1 aromatic heterocycles. The van der Waals surface area contributed by atoms with Crippen molar-refractivity contribution in [1.29, 1.82) is 0 Å². The molecule has 3 rings (SSSR count). The first-order valence-electron chi connectivity index (χ1n) is 11.0. The Morgan fingerprint density at radius 1 is 0.757 bits per heavy atom. The molecule has 2 aromatic carbocycles. The lowest BCUT2D eigenvalue weighted by atomic mass is 10.0. The molecule has 3 aromatic rings. The zero-order valence-corrected chi connectivity index (χ0v) is 20.0. The average Bonchev–Trinajstić information content (AvgIpc) is 2.81. The molecule has 4 N–H and O–H groups in total. The van der Waals surface area contributed by atoms with Gasteiger partial charge in [-0.25, -0.2) is 4.98 Å². The van der Waals surface area contributed by atoms with E-state index in [0.29, 0.717) is 28.1 Å². The van der Waals surface area contributed by atoms with Crippen LogP contribution in [0, 0.1) is 6.92 Å². The van der Waals surface area contributed by atoms with Crippen molar-refractivity contribution in [3.05, 3.63) is 48.0 Å². The highest BCUT2D eigenvalue weighted by molar-refractivity contribution is 5.97. The minimum absolute atomic E-state index is 0.211. The van der Waals surface area contributed by atoms with Crippen LogP contribution in [0.4, 0.5) is 11.4 Å². The first kappa shape index (κ1) is 26.7. The Hall–Kier alpha value is -4.87. The van der Waals surface area contributed by atoms with Crippen LogP contribution in [0.5, 0.6) is 5.75 Å². The summed E-state index contributed by atoms with van der Waals surface area (Å²) in [6.07, 6.45) is 0. The molecule has 0 saturated carbocycles. The highest BCUT2D eigenvalue weighted by Crippen LogP contribution is 2.36. The summed E-state index contributed by atoms with van der Waals surface area (Å²) < 4.78 is 5.31. The summed E-state index contributed by atoms with van der Waals surface area (Å²) in [5.74, 6) is -4.55. The van der Waals surface area contributed by atoms with Crippen LogP contribution < -0.4 is 14.5 Å². The van der Waals surface area contributed by atoms with E-state index < -0.39 is 50.1 Å². The number of ether oxygens (including phenoxy) is 1. The zero-order valence-electron chi connectivity index (χ0n) is 20.0. The van der Waals surface area contributed by atoms with Crippen LogP contribution in [-0.4, -0.2) is 82.6 Å². The average molecular weight is 511 g/mol. The monoisotopic (exact) mass is 511 g/mol. The largest absolute Gasteiger partial charge is 0.497 e. The van der Waals surface area contributed by atoms with Crippen molar-refractivity contribution in [3.8, 4) is 17.0 Å². The van der Waals surface area contributed by atoms with Crippen molar-refractivity contribution >= 4 is 46.2 Å². The second-order valence-electron chi connectivity index (χ2n) is 8.22. The van der Waals surface area contributed by atoms with Gasteiger partial charge < -0.3 is 35.0 Å². The first-order chi connectivity index (χ1) is 17.5. The third-order valence-corrected chi connectivity index (χ3v) is 5.40. The fourth-order valence-electron chi connectivity index (χ4n) is 3.93. The van der Waals surface area contributed by atoms with E-state index in [1.807, 2.05) is 6.92 Å². The maximum absolute atomic E-state index is 11.5. The second kappa shape index (κ2) is 11.2. The van der Waals surface area contributed by atoms with E-state index in [4.69, 9.17) is 9.72 Å². The summed E-state index contributed by atoms with van der Waals surface area (Å²) in [7, 11) is 1.42. The molecule has 0 aliphatic heterocycles. The Morgan fingerprint density at radius 3 is 1.81 bits per heavy atom. The Kier molecular flexibility index (Phi) is 8.12. The fourth-order valence-corrected chi connectivity index (χ4v) is 3.93. The number of methoxy groups -OCH3 is 1. The van der Waals surface area contributed by atoms with Crippen LogP contribution in [0.3, 0.4) is 0 Å². The Bertz CT molecular complexity index is 1340.